The van der Waals surface area contributed by atoms with Crippen LogP contribution in [0.4, 0.5) is 0 Å². The molecule has 118 valence electrons. The van der Waals surface area contributed by atoms with Gasteiger partial charge in [0.25, 0.3) is 0 Å². The molecule has 0 saturated heterocycles. The maximum absolute atomic E-state index is 6.06. The van der Waals surface area contributed by atoms with Gasteiger partial charge in [-0.05, 0) is 46.8 Å². The minimum absolute atomic E-state index is 0.508. The number of tetrazole rings is 1. The SMILES string of the molecule is Clc1ccc(-n2nnnc2-c2cnoc2-c2cccc(Cl)c2)cc1. The summed E-state index contributed by atoms with van der Waals surface area (Å²) in [5.74, 6) is 1.05. The van der Waals surface area contributed by atoms with Crippen molar-refractivity contribution >= 4 is 23.2 Å². The summed E-state index contributed by atoms with van der Waals surface area (Å²) in [6.45, 7) is 0. The van der Waals surface area contributed by atoms with Crippen molar-refractivity contribution in [2.75, 3.05) is 0 Å². The normalized spacial score (nSPS) is 10.9. The van der Waals surface area contributed by atoms with E-state index in [0.717, 1.165) is 11.3 Å². The number of nitrogens with zero attached hydrogens (tertiary/aromatic N) is 5. The Hall–Kier alpha value is -2.70. The van der Waals surface area contributed by atoms with Crippen molar-refractivity contribution in [1.29, 1.82) is 0 Å². The summed E-state index contributed by atoms with van der Waals surface area (Å²) < 4.78 is 6.99. The monoisotopic (exact) mass is 357 g/mol. The number of rotatable bonds is 3. The Morgan fingerprint density at radius 1 is 0.958 bits per heavy atom. The summed E-state index contributed by atoms with van der Waals surface area (Å²) in [7, 11) is 0. The molecule has 0 aliphatic heterocycles. The second-order valence-corrected chi connectivity index (χ2v) is 5.84. The summed E-state index contributed by atoms with van der Waals surface area (Å²) in [6.07, 6.45) is 1.58. The molecule has 4 aromatic rings. The van der Waals surface area contributed by atoms with Crippen LogP contribution in [-0.2, 0) is 0 Å². The summed E-state index contributed by atoms with van der Waals surface area (Å²) in [4.78, 5) is 0. The van der Waals surface area contributed by atoms with E-state index in [1.165, 1.54) is 0 Å². The summed E-state index contributed by atoms with van der Waals surface area (Å²) in [5, 5.41) is 17.0. The average molecular weight is 358 g/mol. The number of aromatic nitrogens is 5. The van der Waals surface area contributed by atoms with Gasteiger partial charge in [0.1, 0.15) is 0 Å². The number of hydrogen-bond donors (Lipinski definition) is 0. The van der Waals surface area contributed by atoms with E-state index < -0.39 is 0 Å². The molecule has 0 aliphatic rings. The van der Waals surface area contributed by atoms with Crippen molar-refractivity contribution in [2.24, 2.45) is 0 Å². The molecule has 0 radical (unpaired) electrons. The van der Waals surface area contributed by atoms with Gasteiger partial charge in [-0.3, -0.25) is 0 Å². The van der Waals surface area contributed by atoms with Crippen LogP contribution < -0.4 is 0 Å². The highest BCUT2D eigenvalue weighted by Crippen LogP contribution is 2.32. The van der Waals surface area contributed by atoms with Crippen LogP contribution in [-0.4, -0.2) is 25.4 Å². The van der Waals surface area contributed by atoms with Crippen molar-refractivity contribution in [1.82, 2.24) is 25.4 Å². The van der Waals surface area contributed by atoms with Crippen LogP contribution in [0, 0.1) is 0 Å². The van der Waals surface area contributed by atoms with Gasteiger partial charge in [-0.1, -0.05) is 40.5 Å². The van der Waals surface area contributed by atoms with Crippen LogP contribution in [0.25, 0.3) is 28.4 Å². The van der Waals surface area contributed by atoms with Crippen LogP contribution in [0.3, 0.4) is 0 Å². The molecule has 8 heteroatoms. The number of hydrogen-bond acceptors (Lipinski definition) is 5. The van der Waals surface area contributed by atoms with E-state index in [2.05, 4.69) is 20.7 Å². The first kappa shape index (κ1) is 14.9. The fourth-order valence-corrected chi connectivity index (χ4v) is 2.66. The highest BCUT2D eigenvalue weighted by molar-refractivity contribution is 6.31. The molecule has 6 nitrogen and oxygen atoms in total. The molecule has 0 atom stereocenters. The number of benzene rings is 2. The highest BCUT2D eigenvalue weighted by atomic mass is 35.5. The van der Waals surface area contributed by atoms with E-state index in [1.54, 1.807) is 35.1 Å². The minimum atomic E-state index is 0.508. The van der Waals surface area contributed by atoms with Gasteiger partial charge in [-0.15, -0.1) is 5.10 Å². The van der Waals surface area contributed by atoms with E-state index in [9.17, 15) is 0 Å². The molecule has 2 aromatic carbocycles. The van der Waals surface area contributed by atoms with Crippen molar-refractivity contribution < 1.29 is 4.52 Å². The first-order valence-corrected chi connectivity index (χ1v) is 7.73. The summed E-state index contributed by atoms with van der Waals surface area (Å²) in [6, 6.07) is 14.5. The molecule has 2 aromatic heterocycles. The Labute approximate surface area is 146 Å². The Morgan fingerprint density at radius 3 is 2.58 bits per heavy atom. The zero-order valence-corrected chi connectivity index (χ0v) is 13.6. The molecule has 0 spiro atoms. The predicted octanol–water partition coefficient (Wildman–Crippen LogP) is 4.29. The highest BCUT2D eigenvalue weighted by Gasteiger charge is 2.19. The molecule has 0 N–H and O–H groups in total. The van der Waals surface area contributed by atoms with Crippen molar-refractivity contribution in [2.45, 2.75) is 0 Å². The van der Waals surface area contributed by atoms with E-state index in [0.29, 0.717) is 27.2 Å². The average Bonchev–Trinajstić information content (AvgIpc) is 3.24. The van der Waals surface area contributed by atoms with Gasteiger partial charge < -0.3 is 4.52 Å². The van der Waals surface area contributed by atoms with Crippen LogP contribution in [0.15, 0.2) is 59.3 Å². The first-order chi connectivity index (χ1) is 11.7. The number of halogens is 2. The maximum Gasteiger partial charge on any atom is 0.192 e. The lowest BCUT2D eigenvalue weighted by molar-refractivity contribution is 0.432. The molecule has 0 aliphatic carbocycles. The van der Waals surface area contributed by atoms with Gasteiger partial charge in [-0.2, -0.15) is 4.68 Å². The van der Waals surface area contributed by atoms with Gasteiger partial charge in [0, 0.05) is 15.6 Å². The van der Waals surface area contributed by atoms with Gasteiger partial charge in [0.2, 0.25) is 0 Å². The molecule has 24 heavy (non-hydrogen) atoms. The van der Waals surface area contributed by atoms with Crippen LogP contribution >= 0.6 is 23.2 Å². The third-order valence-electron chi connectivity index (χ3n) is 3.44. The molecule has 0 amide bonds. The van der Waals surface area contributed by atoms with E-state index >= 15 is 0 Å². The Morgan fingerprint density at radius 2 is 1.79 bits per heavy atom. The lowest BCUT2D eigenvalue weighted by Gasteiger charge is -2.04. The topological polar surface area (TPSA) is 69.6 Å². The maximum atomic E-state index is 6.06. The molecule has 0 fully saturated rings. The molecule has 0 unspecified atom stereocenters. The lowest BCUT2D eigenvalue weighted by atomic mass is 10.1. The molecule has 0 saturated carbocycles. The zero-order chi connectivity index (χ0) is 16.5. The molecular weight excluding hydrogens is 349 g/mol. The van der Waals surface area contributed by atoms with E-state index in [-0.39, 0.29) is 0 Å². The molecule has 0 bridgehead atoms. The second kappa shape index (κ2) is 6.07. The van der Waals surface area contributed by atoms with Crippen molar-refractivity contribution in [3.63, 3.8) is 0 Å². The van der Waals surface area contributed by atoms with Crippen LogP contribution in [0.1, 0.15) is 0 Å². The largest absolute Gasteiger partial charge is 0.356 e. The standard InChI is InChI=1S/C16H9Cl2N5O/c17-11-4-6-13(7-5-11)23-16(20-21-22-23)14-9-19-24-15(14)10-2-1-3-12(18)8-10/h1-9H. The van der Waals surface area contributed by atoms with E-state index in [1.807, 2.05) is 24.3 Å². The van der Waals surface area contributed by atoms with Crippen LogP contribution in [0.5, 0.6) is 0 Å². The second-order valence-electron chi connectivity index (χ2n) is 4.97. The summed E-state index contributed by atoms with van der Waals surface area (Å²) in [5.41, 5.74) is 2.23. The third kappa shape index (κ3) is 2.66. The predicted molar refractivity (Wildman–Crippen MR) is 90.1 cm³/mol. The lowest BCUT2D eigenvalue weighted by Crippen LogP contribution is -1.99. The fraction of sp³-hybridized carbons (Fsp3) is 0. The minimum Gasteiger partial charge on any atom is -0.356 e. The quantitative estimate of drug-likeness (QED) is 0.546. The Balaban J connectivity index is 1.84. The smallest absolute Gasteiger partial charge is 0.192 e. The van der Waals surface area contributed by atoms with Crippen molar-refractivity contribution in [3.05, 3.63) is 64.8 Å². The fourth-order valence-electron chi connectivity index (χ4n) is 2.35. The zero-order valence-electron chi connectivity index (χ0n) is 12.1. The first-order valence-electron chi connectivity index (χ1n) is 6.98. The molecule has 4 rings (SSSR count). The molecule has 2 heterocycles. The molecular formula is C16H9Cl2N5O. The van der Waals surface area contributed by atoms with Gasteiger partial charge in [0.05, 0.1) is 17.4 Å². The Kier molecular flexibility index (Phi) is 3.76. The van der Waals surface area contributed by atoms with Gasteiger partial charge in [-0.25, -0.2) is 0 Å². The van der Waals surface area contributed by atoms with Gasteiger partial charge >= 0.3 is 0 Å². The summed E-state index contributed by atoms with van der Waals surface area (Å²) >= 11 is 12.0. The Bertz CT molecular complexity index is 994. The van der Waals surface area contributed by atoms with E-state index in [4.69, 9.17) is 27.7 Å². The van der Waals surface area contributed by atoms with Crippen LogP contribution in [0.2, 0.25) is 10.0 Å². The van der Waals surface area contributed by atoms with Gasteiger partial charge in [0.15, 0.2) is 11.6 Å². The van der Waals surface area contributed by atoms with Crippen molar-refractivity contribution in [3.8, 4) is 28.4 Å². The third-order valence-corrected chi connectivity index (χ3v) is 3.93.